The van der Waals surface area contributed by atoms with E-state index < -0.39 is 49.8 Å². The molecule has 0 saturated carbocycles. The molecule has 0 aromatic heterocycles. The molecule has 2 unspecified atom stereocenters. The summed E-state index contributed by atoms with van der Waals surface area (Å²) in [5.74, 6) is -11.1. The van der Waals surface area contributed by atoms with Gasteiger partial charge in [0.1, 0.15) is 0 Å². The topological polar surface area (TPSA) is 9.23 Å². The van der Waals surface area contributed by atoms with Gasteiger partial charge in [-0.2, -0.15) is 26.3 Å². The first-order valence-corrected chi connectivity index (χ1v) is 4.76. The summed E-state index contributed by atoms with van der Waals surface area (Å²) >= 11 is 0. The standard InChI is InChI=1S/C8H6F12O/c9-1-5(11,12)3(7(15,16)17)21-4(8(18,19)20)6(13,14)2-10/h3-4H,1-2H2. The summed E-state index contributed by atoms with van der Waals surface area (Å²) in [7, 11) is 0. The fraction of sp³-hybridized carbons (Fsp3) is 1.00. The third-order valence-corrected chi connectivity index (χ3v) is 1.99. The van der Waals surface area contributed by atoms with Gasteiger partial charge < -0.3 is 4.74 Å². The van der Waals surface area contributed by atoms with Crippen molar-refractivity contribution in [1.82, 2.24) is 0 Å². The molecule has 0 bridgehead atoms. The van der Waals surface area contributed by atoms with Crippen LogP contribution in [0.25, 0.3) is 0 Å². The summed E-state index contributed by atoms with van der Waals surface area (Å²) in [5.41, 5.74) is 0. The van der Waals surface area contributed by atoms with Crippen LogP contribution in [0.4, 0.5) is 52.7 Å². The third-order valence-electron chi connectivity index (χ3n) is 1.99. The van der Waals surface area contributed by atoms with Crippen molar-refractivity contribution in [1.29, 1.82) is 0 Å². The lowest BCUT2D eigenvalue weighted by atomic mass is 10.1. The van der Waals surface area contributed by atoms with Crippen LogP contribution < -0.4 is 0 Å². The van der Waals surface area contributed by atoms with E-state index in [0.29, 0.717) is 0 Å². The molecule has 0 saturated heterocycles. The molecule has 13 heteroatoms. The van der Waals surface area contributed by atoms with Crippen LogP contribution in [0.15, 0.2) is 0 Å². The first-order chi connectivity index (χ1) is 9.09. The minimum Gasteiger partial charge on any atom is -0.344 e. The Balaban J connectivity index is 5.66. The number of halogens is 12. The van der Waals surface area contributed by atoms with E-state index in [9.17, 15) is 52.7 Å². The fourth-order valence-corrected chi connectivity index (χ4v) is 1.11. The number of alkyl halides is 12. The average Bonchev–Trinajstić information content (AvgIpc) is 2.25. The number of rotatable bonds is 6. The van der Waals surface area contributed by atoms with Crippen molar-refractivity contribution in [2.75, 3.05) is 13.3 Å². The molecule has 1 nitrogen and oxygen atoms in total. The minimum absolute atomic E-state index is 2.66. The van der Waals surface area contributed by atoms with E-state index in [1.54, 1.807) is 0 Å². The highest BCUT2D eigenvalue weighted by Crippen LogP contribution is 2.42. The molecule has 0 aromatic carbocycles. The van der Waals surface area contributed by atoms with Crippen LogP contribution in [0.5, 0.6) is 0 Å². The predicted octanol–water partition coefficient (Wildman–Crippen LogP) is 4.07. The Hall–Kier alpha value is -0.880. The van der Waals surface area contributed by atoms with E-state index >= 15 is 0 Å². The summed E-state index contributed by atoms with van der Waals surface area (Å²) in [6.45, 7) is -6.24. The normalized spacial score (nSPS) is 17.7. The summed E-state index contributed by atoms with van der Waals surface area (Å²) in [4.78, 5) is 0. The Bertz CT molecular complexity index is 299. The van der Waals surface area contributed by atoms with Crippen molar-refractivity contribution in [2.24, 2.45) is 0 Å². The fourth-order valence-electron chi connectivity index (χ4n) is 1.11. The second-order valence-electron chi connectivity index (χ2n) is 3.77. The lowest BCUT2D eigenvalue weighted by Gasteiger charge is -2.33. The van der Waals surface area contributed by atoms with Crippen molar-refractivity contribution in [3.8, 4) is 0 Å². The van der Waals surface area contributed by atoms with Crippen LogP contribution in [-0.4, -0.2) is 49.8 Å². The first-order valence-electron chi connectivity index (χ1n) is 4.76. The molecule has 128 valence electrons. The van der Waals surface area contributed by atoms with Crippen molar-refractivity contribution in [2.45, 2.75) is 36.4 Å². The zero-order valence-electron chi connectivity index (χ0n) is 9.51. The molecule has 0 N–H and O–H groups in total. The van der Waals surface area contributed by atoms with Gasteiger partial charge in [0.2, 0.25) is 12.2 Å². The van der Waals surface area contributed by atoms with Gasteiger partial charge in [0.15, 0.2) is 13.3 Å². The van der Waals surface area contributed by atoms with Gasteiger partial charge in [0, 0.05) is 0 Å². The van der Waals surface area contributed by atoms with Gasteiger partial charge in [-0.15, -0.1) is 0 Å². The van der Waals surface area contributed by atoms with Crippen LogP contribution in [0.1, 0.15) is 0 Å². The van der Waals surface area contributed by atoms with E-state index in [4.69, 9.17) is 0 Å². The van der Waals surface area contributed by atoms with Gasteiger partial charge in [0.25, 0.3) is 0 Å². The van der Waals surface area contributed by atoms with Gasteiger partial charge in [-0.3, -0.25) is 0 Å². The molecule has 0 aliphatic carbocycles. The van der Waals surface area contributed by atoms with Crippen LogP contribution in [-0.2, 0) is 4.74 Å². The highest BCUT2D eigenvalue weighted by Gasteiger charge is 2.65. The second-order valence-corrected chi connectivity index (χ2v) is 3.77. The highest BCUT2D eigenvalue weighted by molar-refractivity contribution is 4.90. The predicted molar refractivity (Wildman–Crippen MR) is 42.6 cm³/mol. The van der Waals surface area contributed by atoms with E-state index in [-0.39, 0.29) is 0 Å². The second kappa shape index (κ2) is 6.08. The monoisotopic (exact) mass is 346 g/mol. The molecular formula is C8H6F12O. The summed E-state index contributed by atoms with van der Waals surface area (Å²) < 4.78 is 150. The molecule has 0 aliphatic rings. The molecule has 2 atom stereocenters. The number of hydrogen-bond donors (Lipinski definition) is 0. The van der Waals surface area contributed by atoms with E-state index in [1.165, 1.54) is 0 Å². The molecule has 0 amide bonds. The molecule has 0 heterocycles. The maximum Gasteiger partial charge on any atom is 0.420 e. The van der Waals surface area contributed by atoms with Crippen molar-refractivity contribution < 1.29 is 57.4 Å². The van der Waals surface area contributed by atoms with Crippen LogP contribution in [0.3, 0.4) is 0 Å². The Morgan fingerprint density at radius 3 is 0.952 bits per heavy atom. The maximum atomic E-state index is 12.6. The lowest BCUT2D eigenvalue weighted by Crippen LogP contribution is -2.57. The molecule has 0 rings (SSSR count). The van der Waals surface area contributed by atoms with Gasteiger partial charge in [-0.25, -0.2) is 26.3 Å². The van der Waals surface area contributed by atoms with Crippen LogP contribution in [0.2, 0.25) is 0 Å². The molecule has 0 aromatic rings. The molecule has 0 spiro atoms. The van der Waals surface area contributed by atoms with E-state index in [0.717, 1.165) is 0 Å². The van der Waals surface area contributed by atoms with Gasteiger partial charge in [0.05, 0.1) is 0 Å². The SMILES string of the molecule is FCC(F)(F)C(OC(C(F)(F)F)C(F)(F)CF)C(F)(F)F. The Labute approximate surface area is 108 Å². The van der Waals surface area contributed by atoms with Crippen molar-refractivity contribution >= 4 is 0 Å². The summed E-state index contributed by atoms with van der Waals surface area (Å²) in [6.07, 6.45) is -22.2. The van der Waals surface area contributed by atoms with Crippen molar-refractivity contribution in [3.63, 3.8) is 0 Å². The molecule has 21 heavy (non-hydrogen) atoms. The zero-order chi connectivity index (χ0) is 17.3. The first kappa shape index (κ1) is 20.1. The largest absolute Gasteiger partial charge is 0.420 e. The lowest BCUT2D eigenvalue weighted by molar-refractivity contribution is -0.359. The van der Waals surface area contributed by atoms with Crippen molar-refractivity contribution in [3.05, 3.63) is 0 Å². The van der Waals surface area contributed by atoms with Gasteiger partial charge in [-0.05, 0) is 0 Å². The highest BCUT2D eigenvalue weighted by atomic mass is 19.4. The van der Waals surface area contributed by atoms with E-state index in [1.807, 2.05) is 0 Å². The molecule has 0 aliphatic heterocycles. The molecule has 0 fully saturated rings. The Kier molecular flexibility index (Phi) is 5.83. The smallest absolute Gasteiger partial charge is 0.344 e. The van der Waals surface area contributed by atoms with Gasteiger partial charge in [-0.1, -0.05) is 0 Å². The summed E-state index contributed by atoms with van der Waals surface area (Å²) in [6, 6.07) is 0. The van der Waals surface area contributed by atoms with Crippen LogP contribution >= 0.6 is 0 Å². The number of hydrogen-bond acceptors (Lipinski definition) is 1. The zero-order valence-corrected chi connectivity index (χ0v) is 9.51. The number of ether oxygens (including phenoxy) is 1. The quantitative estimate of drug-likeness (QED) is 0.659. The van der Waals surface area contributed by atoms with Crippen LogP contribution in [0, 0.1) is 0 Å². The Morgan fingerprint density at radius 2 is 0.810 bits per heavy atom. The minimum atomic E-state index is -6.30. The maximum absolute atomic E-state index is 12.6. The van der Waals surface area contributed by atoms with E-state index in [2.05, 4.69) is 4.74 Å². The third kappa shape index (κ3) is 5.11. The average molecular weight is 346 g/mol. The summed E-state index contributed by atoms with van der Waals surface area (Å²) in [5, 5.41) is 0. The Morgan fingerprint density at radius 1 is 0.571 bits per heavy atom. The van der Waals surface area contributed by atoms with Gasteiger partial charge >= 0.3 is 24.2 Å². The molecular weight excluding hydrogens is 340 g/mol. The molecule has 0 radical (unpaired) electrons.